The third kappa shape index (κ3) is 1.55. The molecule has 0 bridgehead atoms. The second-order valence-electron chi connectivity index (χ2n) is 4.61. The Morgan fingerprint density at radius 1 is 1.40 bits per heavy atom. The second kappa shape index (κ2) is 3.57. The van der Waals surface area contributed by atoms with Crippen LogP contribution in [0.4, 0.5) is 0 Å². The first-order valence-corrected chi connectivity index (χ1v) is 5.66. The van der Waals surface area contributed by atoms with Gasteiger partial charge in [-0.25, -0.2) is 0 Å². The van der Waals surface area contributed by atoms with Crippen molar-refractivity contribution in [1.29, 1.82) is 0 Å². The summed E-state index contributed by atoms with van der Waals surface area (Å²) in [7, 11) is 0. The molecule has 5 heteroatoms. The minimum Gasteiger partial charge on any atom is -0.315 e. The van der Waals surface area contributed by atoms with Crippen LogP contribution in [0.1, 0.15) is 12.7 Å². The summed E-state index contributed by atoms with van der Waals surface area (Å²) in [5, 5.41) is 11.6. The van der Waals surface area contributed by atoms with Crippen LogP contribution >= 0.6 is 0 Å². The summed E-state index contributed by atoms with van der Waals surface area (Å²) in [5.41, 5.74) is 0. The van der Waals surface area contributed by atoms with Crippen molar-refractivity contribution in [2.45, 2.75) is 26.1 Å². The first kappa shape index (κ1) is 9.30. The van der Waals surface area contributed by atoms with Gasteiger partial charge in [-0.3, -0.25) is 4.90 Å². The van der Waals surface area contributed by atoms with Gasteiger partial charge in [0.05, 0.1) is 6.54 Å². The normalized spacial score (nSPS) is 31.8. The van der Waals surface area contributed by atoms with Gasteiger partial charge in [0, 0.05) is 25.7 Å². The SMILES string of the molecule is CC1CNCC1N1CCn2cnnc2C1. The van der Waals surface area contributed by atoms with Crippen molar-refractivity contribution in [2.75, 3.05) is 19.6 Å². The van der Waals surface area contributed by atoms with Crippen molar-refractivity contribution in [3.63, 3.8) is 0 Å². The Hall–Kier alpha value is -0.940. The Balaban J connectivity index is 1.75. The van der Waals surface area contributed by atoms with Crippen molar-refractivity contribution >= 4 is 0 Å². The summed E-state index contributed by atoms with van der Waals surface area (Å²) in [6.45, 7) is 7.71. The number of nitrogens with zero attached hydrogens (tertiary/aromatic N) is 4. The van der Waals surface area contributed by atoms with Gasteiger partial charge in [-0.2, -0.15) is 0 Å². The fraction of sp³-hybridized carbons (Fsp3) is 0.800. The molecule has 2 aliphatic rings. The molecule has 2 atom stereocenters. The zero-order valence-corrected chi connectivity index (χ0v) is 9.06. The highest BCUT2D eigenvalue weighted by Crippen LogP contribution is 2.19. The largest absolute Gasteiger partial charge is 0.315 e. The molecule has 82 valence electrons. The summed E-state index contributed by atoms with van der Waals surface area (Å²) in [5.74, 6) is 1.86. The predicted molar refractivity (Wildman–Crippen MR) is 56.3 cm³/mol. The van der Waals surface area contributed by atoms with Crippen LogP contribution < -0.4 is 5.32 Å². The molecule has 1 N–H and O–H groups in total. The van der Waals surface area contributed by atoms with Gasteiger partial charge in [-0.15, -0.1) is 10.2 Å². The van der Waals surface area contributed by atoms with Crippen molar-refractivity contribution in [1.82, 2.24) is 25.0 Å². The highest BCUT2D eigenvalue weighted by molar-refractivity contribution is 4.95. The fourth-order valence-electron chi connectivity index (χ4n) is 2.65. The molecule has 2 aliphatic heterocycles. The van der Waals surface area contributed by atoms with Crippen LogP contribution in [0.2, 0.25) is 0 Å². The van der Waals surface area contributed by atoms with Crippen molar-refractivity contribution in [3.8, 4) is 0 Å². The molecule has 0 radical (unpaired) electrons. The van der Waals surface area contributed by atoms with Gasteiger partial charge in [0.25, 0.3) is 0 Å². The first-order valence-electron chi connectivity index (χ1n) is 5.66. The number of aromatic nitrogens is 3. The molecule has 0 aliphatic carbocycles. The minimum atomic E-state index is 0.676. The van der Waals surface area contributed by atoms with E-state index < -0.39 is 0 Å². The maximum atomic E-state index is 4.15. The lowest BCUT2D eigenvalue weighted by atomic mass is 10.0. The summed E-state index contributed by atoms with van der Waals surface area (Å²) >= 11 is 0. The van der Waals surface area contributed by atoms with Crippen LogP contribution in [-0.2, 0) is 13.1 Å². The van der Waals surface area contributed by atoms with E-state index in [1.165, 1.54) is 0 Å². The molecule has 3 rings (SSSR count). The molecule has 15 heavy (non-hydrogen) atoms. The zero-order valence-electron chi connectivity index (χ0n) is 9.06. The van der Waals surface area contributed by atoms with Crippen LogP contribution in [0.5, 0.6) is 0 Å². The lowest BCUT2D eigenvalue weighted by molar-refractivity contribution is 0.138. The standard InChI is InChI=1S/C10H17N5/c1-8-4-11-5-9(8)14-2-3-15-7-12-13-10(15)6-14/h7-9,11H,2-6H2,1H3. The van der Waals surface area contributed by atoms with E-state index in [4.69, 9.17) is 0 Å². The molecular formula is C10H17N5. The molecule has 5 nitrogen and oxygen atoms in total. The topological polar surface area (TPSA) is 46.0 Å². The van der Waals surface area contributed by atoms with E-state index in [1.54, 1.807) is 0 Å². The third-order valence-electron chi connectivity index (χ3n) is 3.61. The number of nitrogens with one attached hydrogen (secondary N) is 1. The van der Waals surface area contributed by atoms with E-state index in [-0.39, 0.29) is 0 Å². The van der Waals surface area contributed by atoms with E-state index in [2.05, 4.69) is 31.9 Å². The van der Waals surface area contributed by atoms with Crippen LogP contribution in [0.25, 0.3) is 0 Å². The van der Waals surface area contributed by atoms with Gasteiger partial charge in [-0.05, 0) is 12.5 Å². The van der Waals surface area contributed by atoms with Gasteiger partial charge in [0.2, 0.25) is 0 Å². The van der Waals surface area contributed by atoms with Crippen molar-refractivity contribution in [3.05, 3.63) is 12.2 Å². The smallest absolute Gasteiger partial charge is 0.147 e. The van der Waals surface area contributed by atoms with Gasteiger partial charge < -0.3 is 9.88 Å². The number of rotatable bonds is 1. The van der Waals surface area contributed by atoms with Gasteiger partial charge in [-0.1, -0.05) is 6.92 Å². The molecular weight excluding hydrogens is 190 g/mol. The fourth-order valence-corrected chi connectivity index (χ4v) is 2.65. The van der Waals surface area contributed by atoms with Gasteiger partial charge in [0.1, 0.15) is 12.2 Å². The average molecular weight is 207 g/mol. The van der Waals surface area contributed by atoms with E-state index in [9.17, 15) is 0 Å². The van der Waals surface area contributed by atoms with Crippen molar-refractivity contribution < 1.29 is 0 Å². The Morgan fingerprint density at radius 3 is 3.13 bits per heavy atom. The Morgan fingerprint density at radius 2 is 2.33 bits per heavy atom. The number of fused-ring (bicyclic) bond motifs is 1. The summed E-state index contributed by atoms with van der Waals surface area (Å²) < 4.78 is 2.16. The highest BCUT2D eigenvalue weighted by atomic mass is 15.3. The van der Waals surface area contributed by atoms with E-state index in [0.29, 0.717) is 6.04 Å². The monoisotopic (exact) mass is 207 g/mol. The highest BCUT2D eigenvalue weighted by Gasteiger charge is 2.31. The Bertz CT molecular complexity index is 347. The molecule has 0 amide bonds. The number of hydrogen-bond acceptors (Lipinski definition) is 4. The van der Waals surface area contributed by atoms with E-state index >= 15 is 0 Å². The first-order chi connectivity index (χ1) is 7.34. The molecule has 1 aromatic heterocycles. The van der Waals surface area contributed by atoms with Crippen LogP contribution in [0, 0.1) is 5.92 Å². The summed E-state index contributed by atoms with van der Waals surface area (Å²) in [4.78, 5) is 2.54. The zero-order chi connectivity index (χ0) is 10.3. The average Bonchev–Trinajstić information content (AvgIpc) is 2.84. The van der Waals surface area contributed by atoms with Gasteiger partial charge in [0.15, 0.2) is 0 Å². The molecule has 1 fully saturated rings. The molecule has 0 spiro atoms. The van der Waals surface area contributed by atoms with Crippen molar-refractivity contribution in [2.24, 2.45) is 5.92 Å². The Labute approximate surface area is 89.5 Å². The van der Waals surface area contributed by atoms with Crippen LogP contribution in [-0.4, -0.2) is 45.3 Å². The van der Waals surface area contributed by atoms with Gasteiger partial charge >= 0.3 is 0 Å². The Kier molecular flexibility index (Phi) is 2.21. The lowest BCUT2D eigenvalue weighted by Gasteiger charge is -2.33. The predicted octanol–water partition coefficient (Wildman–Crippen LogP) is -0.298. The summed E-state index contributed by atoms with van der Waals surface area (Å²) in [6, 6.07) is 0.676. The minimum absolute atomic E-state index is 0.676. The maximum Gasteiger partial charge on any atom is 0.147 e. The van der Waals surface area contributed by atoms with E-state index in [0.717, 1.165) is 44.5 Å². The lowest BCUT2D eigenvalue weighted by Crippen LogP contribution is -2.44. The number of hydrogen-bond donors (Lipinski definition) is 1. The molecule has 1 aromatic rings. The van der Waals surface area contributed by atoms with Crippen LogP contribution in [0.3, 0.4) is 0 Å². The molecule has 1 saturated heterocycles. The third-order valence-corrected chi connectivity index (χ3v) is 3.61. The molecule has 0 aromatic carbocycles. The molecule has 3 heterocycles. The maximum absolute atomic E-state index is 4.15. The molecule has 0 saturated carbocycles. The quantitative estimate of drug-likeness (QED) is 0.687. The van der Waals surface area contributed by atoms with E-state index in [1.807, 2.05) is 6.33 Å². The molecule has 2 unspecified atom stereocenters. The van der Waals surface area contributed by atoms with Crippen LogP contribution in [0.15, 0.2) is 6.33 Å². The second-order valence-corrected chi connectivity index (χ2v) is 4.61. The summed E-state index contributed by atoms with van der Waals surface area (Å²) in [6.07, 6.45) is 1.84.